The van der Waals surface area contributed by atoms with Crippen molar-refractivity contribution in [2.45, 2.75) is 13.0 Å². The molecule has 0 aromatic heterocycles. The number of ether oxygens (including phenoxy) is 1. The van der Waals surface area contributed by atoms with Gasteiger partial charge in [-0.15, -0.1) is 0 Å². The Bertz CT molecular complexity index is 183. The van der Waals surface area contributed by atoms with Crippen LogP contribution in [0.3, 0.4) is 0 Å². The monoisotopic (exact) mass is 196 g/mol. The van der Waals surface area contributed by atoms with E-state index in [1.807, 2.05) is 0 Å². The van der Waals surface area contributed by atoms with Crippen LogP contribution in [-0.2, 0) is 9.53 Å². The van der Waals surface area contributed by atoms with Crippen LogP contribution in [0.25, 0.3) is 0 Å². The highest BCUT2D eigenvalue weighted by Crippen LogP contribution is 1.74. The molecule has 8 heteroatoms. The van der Waals surface area contributed by atoms with Crippen LogP contribution in [0.5, 0.6) is 0 Å². The third kappa shape index (κ3) is 17.8. The molecule has 0 aliphatic carbocycles. The number of aliphatic hydroxyl groups excluding tert-OH is 1. The quantitative estimate of drug-likeness (QED) is 0.334. The Balaban J connectivity index is 0. The van der Waals surface area contributed by atoms with Gasteiger partial charge in [0.15, 0.2) is 0 Å². The van der Waals surface area contributed by atoms with E-state index < -0.39 is 24.4 Å². The first-order chi connectivity index (χ1) is 5.77. The predicted molar refractivity (Wildman–Crippen MR) is 36.5 cm³/mol. The smallest absolute Gasteiger partial charge is 0.479 e. The second kappa shape index (κ2) is 6.85. The van der Waals surface area contributed by atoms with Gasteiger partial charge in [-0.2, -0.15) is 0 Å². The van der Waals surface area contributed by atoms with Crippen molar-refractivity contribution in [2.24, 2.45) is 0 Å². The minimum Gasteiger partial charge on any atom is -0.479 e. The number of carboxylic acids is 1. The average Bonchev–Trinajstić information content (AvgIpc) is 1.84. The first-order valence-electron chi connectivity index (χ1n) is 2.82. The van der Waals surface area contributed by atoms with E-state index in [1.54, 1.807) is 0 Å². The van der Waals surface area contributed by atoms with Gasteiger partial charge in [0.1, 0.15) is 6.10 Å². The standard InChI is InChI=1S/C3H6O3.C2H2O5/c1-2(4)3(5)6;3-1(4)7-2(5)6/h2,4H,1H3,(H,5,6);(H,3,4)(H,5,6). The third-order valence-electron chi connectivity index (χ3n) is 0.532. The highest BCUT2D eigenvalue weighted by atomic mass is 16.7. The highest BCUT2D eigenvalue weighted by Gasteiger charge is 2.01. The molecule has 1 atom stereocenters. The van der Waals surface area contributed by atoms with Gasteiger partial charge in [-0.1, -0.05) is 0 Å². The van der Waals surface area contributed by atoms with Crippen molar-refractivity contribution in [2.75, 3.05) is 0 Å². The fraction of sp³-hybridized carbons (Fsp3) is 0.400. The minimum atomic E-state index is -1.81. The van der Waals surface area contributed by atoms with Crippen LogP contribution < -0.4 is 0 Å². The maximum Gasteiger partial charge on any atom is 0.516 e. The molecule has 0 saturated carbocycles. The fourth-order valence-electron chi connectivity index (χ4n) is 0.0747. The third-order valence-corrected chi connectivity index (χ3v) is 0.532. The zero-order valence-electron chi connectivity index (χ0n) is 6.50. The largest absolute Gasteiger partial charge is 0.516 e. The maximum atomic E-state index is 9.45. The Kier molecular flexibility index (Phi) is 7.24. The predicted octanol–water partition coefficient (Wildman–Crippen LogP) is -0.189. The molecule has 0 amide bonds. The first kappa shape index (κ1) is 13.7. The topological polar surface area (TPSA) is 141 Å². The van der Waals surface area contributed by atoms with Gasteiger partial charge in [-0.3, -0.25) is 0 Å². The number of carbonyl (C=O) groups is 3. The Morgan fingerprint density at radius 2 is 1.31 bits per heavy atom. The van der Waals surface area contributed by atoms with Gasteiger partial charge >= 0.3 is 18.3 Å². The van der Waals surface area contributed by atoms with Gasteiger partial charge in [-0.05, 0) is 6.92 Å². The highest BCUT2D eigenvalue weighted by molar-refractivity contribution is 5.74. The molecule has 0 rings (SSSR count). The molecule has 0 aromatic rings. The molecular formula is C5H8O8. The molecule has 0 aliphatic rings. The lowest BCUT2D eigenvalue weighted by Crippen LogP contribution is -2.13. The van der Waals surface area contributed by atoms with Crippen LogP contribution >= 0.6 is 0 Å². The van der Waals surface area contributed by atoms with Crippen LogP contribution in [0.2, 0.25) is 0 Å². The molecule has 0 aliphatic heterocycles. The van der Waals surface area contributed by atoms with E-state index in [0.29, 0.717) is 0 Å². The molecular weight excluding hydrogens is 188 g/mol. The van der Waals surface area contributed by atoms with E-state index in [9.17, 15) is 14.4 Å². The number of hydrogen-bond donors (Lipinski definition) is 4. The van der Waals surface area contributed by atoms with E-state index in [0.717, 1.165) is 0 Å². The van der Waals surface area contributed by atoms with Gasteiger partial charge in [0.25, 0.3) is 0 Å². The normalized spacial score (nSPS) is 10.3. The Morgan fingerprint density at radius 1 is 1.08 bits per heavy atom. The summed E-state index contributed by atoms with van der Waals surface area (Å²) in [4.78, 5) is 27.9. The van der Waals surface area contributed by atoms with Crippen molar-refractivity contribution < 1.29 is 39.5 Å². The molecule has 0 aromatic carbocycles. The Morgan fingerprint density at radius 3 is 1.31 bits per heavy atom. The molecule has 8 nitrogen and oxygen atoms in total. The van der Waals surface area contributed by atoms with E-state index in [-0.39, 0.29) is 0 Å². The second-order valence-electron chi connectivity index (χ2n) is 1.65. The molecule has 0 heterocycles. The number of carboxylic acid groups (broad SMARTS) is 3. The first-order valence-corrected chi connectivity index (χ1v) is 2.82. The number of aliphatic carboxylic acids is 1. The molecule has 4 N–H and O–H groups in total. The van der Waals surface area contributed by atoms with Gasteiger partial charge in [-0.25, -0.2) is 14.4 Å². The van der Waals surface area contributed by atoms with Crippen molar-refractivity contribution in [3.05, 3.63) is 0 Å². The van der Waals surface area contributed by atoms with Crippen molar-refractivity contribution >= 4 is 18.3 Å². The molecule has 0 bridgehead atoms. The summed E-state index contributed by atoms with van der Waals surface area (Å²) < 4.78 is 3.08. The van der Waals surface area contributed by atoms with Crippen LogP contribution in [0, 0.1) is 0 Å². The fourth-order valence-corrected chi connectivity index (χ4v) is 0.0747. The molecule has 0 fully saturated rings. The molecule has 13 heavy (non-hydrogen) atoms. The molecule has 0 spiro atoms. The van der Waals surface area contributed by atoms with Gasteiger partial charge in [0.05, 0.1) is 0 Å². The van der Waals surface area contributed by atoms with Gasteiger partial charge < -0.3 is 25.2 Å². The zero-order chi connectivity index (χ0) is 11.0. The van der Waals surface area contributed by atoms with Crippen LogP contribution in [-0.4, -0.2) is 44.8 Å². The van der Waals surface area contributed by atoms with Crippen LogP contribution in [0.15, 0.2) is 0 Å². The van der Waals surface area contributed by atoms with Crippen molar-refractivity contribution in [3.63, 3.8) is 0 Å². The molecule has 1 unspecified atom stereocenters. The van der Waals surface area contributed by atoms with Gasteiger partial charge in [0, 0.05) is 0 Å². The van der Waals surface area contributed by atoms with Crippen molar-refractivity contribution in [3.8, 4) is 0 Å². The summed E-state index contributed by atoms with van der Waals surface area (Å²) in [5, 5.41) is 30.7. The summed E-state index contributed by atoms with van der Waals surface area (Å²) in [6, 6.07) is 0. The van der Waals surface area contributed by atoms with Crippen molar-refractivity contribution in [1.29, 1.82) is 0 Å². The lowest BCUT2D eigenvalue weighted by atomic mass is 10.4. The average molecular weight is 196 g/mol. The van der Waals surface area contributed by atoms with E-state index >= 15 is 0 Å². The molecule has 0 saturated heterocycles. The summed E-state index contributed by atoms with van der Waals surface area (Å²) in [6.45, 7) is 1.20. The lowest BCUT2D eigenvalue weighted by Gasteiger charge is -1.89. The van der Waals surface area contributed by atoms with E-state index in [4.69, 9.17) is 20.4 Å². The Hall–Kier alpha value is -1.83. The summed E-state index contributed by atoms with van der Waals surface area (Å²) in [5.41, 5.74) is 0. The molecule has 76 valence electrons. The Labute approximate surface area is 72.0 Å². The minimum absolute atomic E-state index is 1.19. The van der Waals surface area contributed by atoms with Gasteiger partial charge in [0.2, 0.25) is 0 Å². The zero-order valence-corrected chi connectivity index (χ0v) is 6.50. The second-order valence-corrected chi connectivity index (χ2v) is 1.65. The van der Waals surface area contributed by atoms with Crippen LogP contribution in [0.4, 0.5) is 9.59 Å². The van der Waals surface area contributed by atoms with Crippen molar-refractivity contribution in [1.82, 2.24) is 0 Å². The summed E-state index contributed by atoms with van der Waals surface area (Å²) in [5.74, 6) is -1.19. The summed E-state index contributed by atoms with van der Waals surface area (Å²) in [7, 11) is 0. The molecule has 0 radical (unpaired) electrons. The van der Waals surface area contributed by atoms with E-state index in [2.05, 4.69) is 4.74 Å². The summed E-state index contributed by atoms with van der Waals surface area (Å²) >= 11 is 0. The SMILES string of the molecule is CC(O)C(=O)O.O=C(O)OC(=O)O. The van der Waals surface area contributed by atoms with E-state index in [1.165, 1.54) is 6.92 Å². The summed E-state index contributed by atoms with van der Waals surface area (Å²) in [6.07, 6.45) is -4.86. The van der Waals surface area contributed by atoms with Crippen LogP contribution in [0.1, 0.15) is 6.92 Å². The number of aliphatic hydroxyl groups is 1. The number of rotatable bonds is 1. The number of hydrogen-bond acceptors (Lipinski definition) is 5. The maximum absolute atomic E-state index is 9.45. The lowest BCUT2D eigenvalue weighted by molar-refractivity contribution is -0.145.